The fourth-order valence-corrected chi connectivity index (χ4v) is 2.10. The normalized spacial score (nSPS) is 12.9. The molecule has 6 nitrogen and oxygen atoms in total. The van der Waals surface area contributed by atoms with Crippen LogP contribution in [0.5, 0.6) is 5.75 Å². The summed E-state index contributed by atoms with van der Waals surface area (Å²) >= 11 is 0. The number of carbonyl (C=O) groups excluding carboxylic acids is 2. The number of hydrogen-bond acceptors (Lipinski definition) is 4. The van der Waals surface area contributed by atoms with Crippen LogP contribution in [0.15, 0.2) is 30.3 Å². The zero-order valence-electron chi connectivity index (χ0n) is 12.3. The van der Waals surface area contributed by atoms with Crippen LogP contribution >= 0.6 is 0 Å². The van der Waals surface area contributed by atoms with E-state index in [1.165, 1.54) is 0 Å². The smallest absolute Gasteiger partial charge is 0.263 e. The molecule has 1 aliphatic rings. The highest BCUT2D eigenvalue weighted by Crippen LogP contribution is 2.27. The van der Waals surface area contributed by atoms with Crippen LogP contribution in [0.3, 0.4) is 0 Å². The summed E-state index contributed by atoms with van der Waals surface area (Å²) in [5, 5.41) is 5.32. The van der Waals surface area contributed by atoms with E-state index in [4.69, 9.17) is 4.74 Å². The van der Waals surface area contributed by atoms with Crippen molar-refractivity contribution in [3.05, 3.63) is 47.0 Å². The van der Waals surface area contributed by atoms with Gasteiger partial charge in [-0.1, -0.05) is 6.07 Å². The number of nitrogens with zero attached hydrogens (tertiary/aromatic N) is 1. The van der Waals surface area contributed by atoms with Crippen LogP contribution < -0.4 is 15.4 Å². The Morgan fingerprint density at radius 2 is 2.05 bits per heavy atom. The van der Waals surface area contributed by atoms with E-state index in [0.29, 0.717) is 22.9 Å². The molecule has 3 rings (SSSR count). The molecule has 0 spiro atoms. The SMILES string of the molecule is Cc1ccc(C(=O)Nc2ccc3c(n2)NC(=O)CO3)cc1C. The molecule has 2 heterocycles. The van der Waals surface area contributed by atoms with Crippen molar-refractivity contribution < 1.29 is 14.3 Å². The van der Waals surface area contributed by atoms with Gasteiger partial charge in [-0.3, -0.25) is 9.59 Å². The van der Waals surface area contributed by atoms with Crippen molar-refractivity contribution in [2.45, 2.75) is 13.8 Å². The fourth-order valence-electron chi connectivity index (χ4n) is 2.10. The number of aromatic nitrogens is 1. The molecule has 2 aromatic rings. The summed E-state index contributed by atoms with van der Waals surface area (Å²) in [6, 6.07) is 8.79. The van der Waals surface area contributed by atoms with Gasteiger partial charge in [-0.2, -0.15) is 0 Å². The van der Waals surface area contributed by atoms with Crippen LogP contribution in [0.1, 0.15) is 21.5 Å². The van der Waals surface area contributed by atoms with E-state index in [1.54, 1.807) is 18.2 Å². The predicted octanol–water partition coefficient (Wildman–Crippen LogP) is 2.28. The standard InChI is InChI=1S/C16H15N3O3/c1-9-3-4-11(7-10(9)2)16(21)18-13-6-5-12-15(17-13)19-14(20)8-22-12/h3-7H,8H2,1-2H3,(H2,17,18,19,20,21). The first-order chi connectivity index (χ1) is 10.5. The highest BCUT2D eigenvalue weighted by atomic mass is 16.5. The highest BCUT2D eigenvalue weighted by molar-refractivity contribution is 6.04. The Labute approximate surface area is 127 Å². The maximum atomic E-state index is 12.2. The van der Waals surface area contributed by atoms with Gasteiger partial charge in [0.1, 0.15) is 5.82 Å². The van der Waals surface area contributed by atoms with Gasteiger partial charge < -0.3 is 15.4 Å². The van der Waals surface area contributed by atoms with Crippen LogP contribution in [0.2, 0.25) is 0 Å². The van der Waals surface area contributed by atoms with Gasteiger partial charge in [0.2, 0.25) is 0 Å². The second kappa shape index (κ2) is 5.48. The topological polar surface area (TPSA) is 80.3 Å². The molecule has 0 radical (unpaired) electrons. The van der Waals surface area contributed by atoms with Gasteiger partial charge in [0.05, 0.1) is 0 Å². The molecule has 2 amide bonds. The molecule has 112 valence electrons. The van der Waals surface area contributed by atoms with Gasteiger partial charge >= 0.3 is 0 Å². The minimum atomic E-state index is -0.266. The summed E-state index contributed by atoms with van der Waals surface area (Å²) in [6.07, 6.45) is 0. The molecule has 0 atom stereocenters. The second-order valence-electron chi connectivity index (χ2n) is 5.13. The molecule has 0 aliphatic carbocycles. The summed E-state index contributed by atoms with van der Waals surface area (Å²) in [5.74, 6) is 0.641. The van der Waals surface area contributed by atoms with Crippen molar-refractivity contribution in [1.29, 1.82) is 0 Å². The largest absolute Gasteiger partial charge is 0.480 e. The van der Waals surface area contributed by atoms with Crippen LogP contribution in [0.4, 0.5) is 11.6 Å². The average Bonchev–Trinajstić information content (AvgIpc) is 2.49. The maximum Gasteiger partial charge on any atom is 0.263 e. The van der Waals surface area contributed by atoms with Gasteiger partial charge in [0.25, 0.3) is 11.8 Å². The zero-order chi connectivity index (χ0) is 15.7. The van der Waals surface area contributed by atoms with Crippen molar-refractivity contribution in [2.24, 2.45) is 0 Å². The minimum Gasteiger partial charge on any atom is -0.480 e. The van der Waals surface area contributed by atoms with Gasteiger partial charge in [0.15, 0.2) is 18.2 Å². The van der Waals surface area contributed by atoms with Crippen molar-refractivity contribution >= 4 is 23.5 Å². The molecule has 1 aliphatic heterocycles. The Morgan fingerprint density at radius 3 is 2.82 bits per heavy atom. The Hall–Kier alpha value is -2.89. The number of amides is 2. The maximum absolute atomic E-state index is 12.2. The van der Waals surface area contributed by atoms with Crippen molar-refractivity contribution in [3.63, 3.8) is 0 Å². The third-order valence-corrected chi connectivity index (χ3v) is 3.49. The summed E-state index contributed by atoms with van der Waals surface area (Å²) in [6.45, 7) is 3.92. The van der Waals surface area contributed by atoms with E-state index in [0.717, 1.165) is 11.1 Å². The lowest BCUT2D eigenvalue weighted by Gasteiger charge is -2.17. The number of carbonyl (C=O) groups is 2. The zero-order valence-corrected chi connectivity index (χ0v) is 12.3. The van der Waals surface area contributed by atoms with Gasteiger partial charge in [-0.05, 0) is 49.2 Å². The molecular weight excluding hydrogens is 282 g/mol. The minimum absolute atomic E-state index is 0.0248. The number of benzene rings is 1. The first kappa shape index (κ1) is 14.1. The molecule has 1 aromatic heterocycles. The molecule has 22 heavy (non-hydrogen) atoms. The quantitative estimate of drug-likeness (QED) is 0.891. The summed E-state index contributed by atoms with van der Waals surface area (Å²) in [4.78, 5) is 27.7. The third kappa shape index (κ3) is 2.76. The number of rotatable bonds is 2. The summed E-state index contributed by atoms with van der Waals surface area (Å²) in [5.41, 5.74) is 2.73. The lowest BCUT2D eigenvalue weighted by atomic mass is 10.1. The Morgan fingerprint density at radius 1 is 1.23 bits per heavy atom. The number of hydrogen-bond donors (Lipinski definition) is 2. The van der Waals surface area contributed by atoms with Crippen molar-refractivity contribution in [2.75, 3.05) is 17.2 Å². The Bertz CT molecular complexity index is 771. The van der Waals surface area contributed by atoms with E-state index >= 15 is 0 Å². The predicted molar refractivity (Wildman–Crippen MR) is 82.2 cm³/mol. The van der Waals surface area contributed by atoms with E-state index < -0.39 is 0 Å². The number of fused-ring (bicyclic) bond motifs is 1. The lowest BCUT2D eigenvalue weighted by molar-refractivity contribution is -0.118. The van der Waals surface area contributed by atoms with E-state index in [1.807, 2.05) is 26.0 Å². The number of pyridine rings is 1. The van der Waals surface area contributed by atoms with Crippen LogP contribution in [-0.4, -0.2) is 23.4 Å². The molecule has 1 aromatic carbocycles. The number of anilines is 2. The van der Waals surface area contributed by atoms with Gasteiger partial charge in [-0.15, -0.1) is 0 Å². The first-order valence-electron chi connectivity index (χ1n) is 6.85. The molecule has 2 N–H and O–H groups in total. The Kier molecular flexibility index (Phi) is 3.50. The number of aryl methyl sites for hydroxylation is 2. The molecule has 0 saturated carbocycles. The molecular formula is C16H15N3O3. The summed E-state index contributed by atoms with van der Waals surface area (Å²) in [7, 11) is 0. The molecule has 6 heteroatoms. The second-order valence-corrected chi connectivity index (χ2v) is 5.13. The molecule has 0 fully saturated rings. The van der Waals surface area contributed by atoms with Gasteiger partial charge in [0, 0.05) is 5.56 Å². The first-order valence-corrected chi connectivity index (χ1v) is 6.85. The number of ether oxygens (including phenoxy) is 1. The van der Waals surface area contributed by atoms with Crippen molar-refractivity contribution in [3.8, 4) is 5.75 Å². The van der Waals surface area contributed by atoms with Crippen LogP contribution in [0.25, 0.3) is 0 Å². The monoisotopic (exact) mass is 297 g/mol. The van der Waals surface area contributed by atoms with E-state index in [9.17, 15) is 9.59 Å². The average molecular weight is 297 g/mol. The molecule has 0 unspecified atom stereocenters. The summed E-state index contributed by atoms with van der Waals surface area (Å²) < 4.78 is 5.22. The van der Waals surface area contributed by atoms with E-state index in [2.05, 4.69) is 15.6 Å². The third-order valence-electron chi connectivity index (χ3n) is 3.49. The van der Waals surface area contributed by atoms with Crippen LogP contribution in [0, 0.1) is 13.8 Å². The van der Waals surface area contributed by atoms with Crippen LogP contribution in [-0.2, 0) is 4.79 Å². The van der Waals surface area contributed by atoms with Crippen molar-refractivity contribution in [1.82, 2.24) is 4.98 Å². The highest BCUT2D eigenvalue weighted by Gasteiger charge is 2.18. The molecule has 0 saturated heterocycles. The van der Waals surface area contributed by atoms with E-state index in [-0.39, 0.29) is 18.4 Å². The molecule has 0 bridgehead atoms. The number of nitrogens with one attached hydrogen (secondary N) is 2. The fraction of sp³-hybridized carbons (Fsp3) is 0.188. The van der Waals surface area contributed by atoms with Gasteiger partial charge in [-0.25, -0.2) is 4.98 Å². The Balaban J connectivity index is 1.80. The lowest BCUT2D eigenvalue weighted by Crippen LogP contribution is -2.26.